The zero-order chi connectivity index (χ0) is 17.4. The number of carbonyl (C=O) groups excluding carboxylic acids is 1. The Balaban J connectivity index is 1.71. The maximum atomic E-state index is 10.9. The van der Waals surface area contributed by atoms with Gasteiger partial charge in [0.1, 0.15) is 0 Å². The fraction of sp³-hybridized carbons (Fsp3) is 0.632. The van der Waals surface area contributed by atoms with Crippen LogP contribution in [0, 0.1) is 0 Å². The van der Waals surface area contributed by atoms with E-state index in [1.807, 2.05) is 32.0 Å². The molecule has 1 heterocycles. The van der Waals surface area contributed by atoms with E-state index < -0.39 is 5.79 Å². The summed E-state index contributed by atoms with van der Waals surface area (Å²) in [5.74, 6) is -0.879. The molecule has 1 fully saturated rings. The molecule has 0 radical (unpaired) electrons. The minimum Gasteiger partial charge on any atom is -0.466 e. The molecule has 2 rings (SSSR count). The molecule has 0 spiro atoms. The van der Waals surface area contributed by atoms with Crippen LogP contribution in [0.3, 0.4) is 0 Å². The van der Waals surface area contributed by atoms with Gasteiger partial charge in [0.25, 0.3) is 0 Å². The molecule has 0 N–H and O–H groups in total. The lowest BCUT2D eigenvalue weighted by Crippen LogP contribution is -2.45. The first kappa shape index (κ1) is 18.9. The fourth-order valence-electron chi connectivity index (χ4n) is 2.89. The third-order valence-electron chi connectivity index (χ3n) is 3.87. The predicted octanol–water partition coefficient (Wildman–Crippen LogP) is 3.46. The standard InChI is InChI=1S/C19H28O5/c1-15(20)22-12-10-18-13-17(23-19(2,3)24-18)9-11-21-14-16-7-5-4-6-8-16/h4-8,17-18H,9-14H2,1-3H3/t17-,18?/m1/s1. The van der Waals surface area contributed by atoms with E-state index >= 15 is 0 Å². The van der Waals surface area contributed by atoms with Crippen molar-refractivity contribution < 1.29 is 23.7 Å². The highest BCUT2D eigenvalue weighted by atomic mass is 16.7. The maximum absolute atomic E-state index is 10.9. The Kier molecular flexibility index (Phi) is 7.21. The first-order chi connectivity index (χ1) is 11.4. The maximum Gasteiger partial charge on any atom is 0.302 e. The minimum atomic E-state index is -0.622. The lowest BCUT2D eigenvalue weighted by atomic mass is 10.0. The predicted molar refractivity (Wildman–Crippen MR) is 90.4 cm³/mol. The van der Waals surface area contributed by atoms with Crippen molar-refractivity contribution in [2.24, 2.45) is 0 Å². The van der Waals surface area contributed by atoms with Gasteiger partial charge in [-0.15, -0.1) is 0 Å². The van der Waals surface area contributed by atoms with Gasteiger partial charge in [-0.05, 0) is 25.8 Å². The number of benzene rings is 1. The number of carbonyl (C=O) groups is 1. The lowest BCUT2D eigenvalue weighted by Gasteiger charge is -2.41. The van der Waals surface area contributed by atoms with Crippen molar-refractivity contribution in [3.8, 4) is 0 Å². The molecule has 1 unspecified atom stereocenters. The molecule has 0 aliphatic carbocycles. The first-order valence-electron chi connectivity index (χ1n) is 8.55. The SMILES string of the molecule is CC(=O)OCCC1C[C@@H](CCOCc2ccccc2)OC(C)(C)O1. The van der Waals surface area contributed by atoms with Crippen LogP contribution in [-0.4, -0.2) is 37.2 Å². The molecular formula is C19H28O5. The van der Waals surface area contributed by atoms with Crippen molar-refractivity contribution in [2.45, 2.75) is 64.6 Å². The van der Waals surface area contributed by atoms with Crippen LogP contribution >= 0.6 is 0 Å². The summed E-state index contributed by atoms with van der Waals surface area (Å²) in [6.07, 6.45) is 2.43. The summed E-state index contributed by atoms with van der Waals surface area (Å²) in [4.78, 5) is 10.9. The molecule has 1 aromatic carbocycles. The minimum absolute atomic E-state index is 0.0345. The van der Waals surface area contributed by atoms with E-state index in [9.17, 15) is 4.79 Å². The van der Waals surface area contributed by atoms with Gasteiger partial charge in [0.2, 0.25) is 0 Å². The largest absolute Gasteiger partial charge is 0.466 e. The molecule has 0 bridgehead atoms. The Morgan fingerprint density at radius 3 is 2.38 bits per heavy atom. The third-order valence-corrected chi connectivity index (χ3v) is 3.87. The summed E-state index contributed by atoms with van der Waals surface area (Å²) in [7, 11) is 0. The summed E-state index contributed by atoms with van der Waals surface area (Å²) in [5, 5.41) is 0. The molecule has 0 aromatic heterocycles. The van der Waals surface area contributed by atoms with E-state index in [1.165, 1.54) is 12.5 Å². The van der Waals surface area contributed by atoms with Gasteiger partial charge >= 0.3 is 5.97 Å². The van der Waals surface area contributed by atoms with Crippen LogP contribution in [0.2, 0.25) is 0 Å². The molecule has 24 heavy (non-hydrogen) atoms. The second-order valence-corrected chi connectivity index (χ2v) is 6.57. The molecular weight excluding hydrogens is 308 g/mol. The van der Waals surface area contributed by atoms with Gasteiger partial charge in [-0.25, -0.2) is 0 Å². The van der Waals surface area contributed by atoms with Crippen LogP contribution < -0.4 is 0 Å². The number of esters is 1. The topological polar surface area (TPSA) is 54.0 Å². The number of hydrogen-bond donors (Lipinski definition) is 0. The van der Waals surface area contributed by atoms with Crippen molar-refractivity contribution >= 4 is 5.97 Å². The smallest absolute Gasteiger partial charge is 0.302 e. The highest BCUT2D eigenvalue weighted by Crippen LogP contribution is 2.29. The van der Waals surface area contributed by atoms with Crippen LogP contribution in [0.15, 0.2) is 30.3 Å². The summed E-state index contributed by atoms with van der Waals surface area (Å²) in [6, 6.07) is 10.1. The molecule has 2 atom stereocenters. The average molecular weight is 336 g/mol. The highest BCUT2D eigenvalue weighted by Gasteiger charge is 2.35. The molecule has 1 aromatic rings. The average Bonchev–Trinajstić information content (AvgIpc) is 2.51. The summed E-state index contributed by atoms with van der Waals surface area (Å²) < 4.78 is 22.6. The van der Waals surface area contributed by atoms with Crippen molar-refractivity contribution in [3.05, 3.63) is 35.9 Å². The summed E-state index contributed by atoms with van der Waals surface area (Å²) in [5.41, 5.74) is 1.17. The number of ether oxygens (including phenoxy) is 4. The van der Waals surface area contributed by atoms with Gasteiger partial charge in [0.15, 0.2) is 5.79 Å². The Morgan fingerprint density at radius 1 is 1.12 bits per heavy atom. The summed E-state index contributed by atoms with van der Waals surface area (Å²) in [6.45, 7) is 6.90. The van der Waals surface area contributed by atoms with E-state index in [0.29, 0.717) is 26.2 Å². The van der Waals surface area contributed by atoms with Gasteiger partial charge in [0.05, 0.1) is 25.4 Å². The molecule has 1 aliphatic rings. The fourth-order valence-corrected chi connectivity index (χ4v) is 2.89. The lowest BCUT2D eigenvalue weighted by molar-refractivity contribution is -0.302. The number of rotatable bonds is 8. The van der Waals surface area contributed by atoms with E-state index in [-0.39, 0.29) is 18.2 Å². The zero-order valence-corrected chi connectivity index (χ0v) is 14.8. The normalized spacial score (nSPS) is 23.0. The van der Waals surface area contributed by atoms with Crippen LogP contribution in [0.25, 0.3) is 0 Å². The molecule has 1 saturated heterocycles. The van der Waals surface area contributed by atoms with Gasteiger partial charge in [0, 0.05) is 26.4 Å². The Bertz CT molecular complexity index is 500. The first-order valence-corrected chi connectivity index (χ1v) is 8.55. The Labute approximate surface area is 144 Å². The van der Waals surface area contributed by atoms with Crippen molar-refractivity contribution in [1.82, 2.24) is 0 Å². The van der Waals surface area contributed by atoms with Gasteiger partial charge in [-0.2, -0.15) is 0 Å². The quantitative estimate of drug-likeness (QED) is 0.537. The molecule has 134 valence electrons. The Morgan fingerprint density at radius 2 is 1.75 bits per heavy atom. The molecule has 5 nitrogen and oxygen atoms in total. The van der Waals surface area contributed by atoms with Crippen molar-refractivity contribution in [1.29, 1.82) is 0 Å². The molecule has 0 amide bonds. The second kappa shape index (κ2) is 9.16. The summed E-state index contributed by atoms with van der Waals surface area (Å²) >= 11 is 0. The van der Waals surface area contributed by atoms with E-state index in [4.69, 9.17) is 18.9 Å². The molecule has 0 saturated carbocycles. The molecule has 5 heteroatoms. The Hall–Kier alpha value is -1.43. The van der Waals surface area contributed by atoms with Crippen molar-refractivity contribution in [3.63, 3.8) is 0 Å². The monoisotopic (exact) mass is 336 g/mol. The third kappa shape index (κ3) is 6.99. The zero-order valence-electron chi connectivity index (χ0n) is 14.8. The van der Waals surface area contributed by atoms with E-state index in [0.717, 1.165) is 12.8 Å². The number of hydrogen-bond acceptors (Lipinski definition) is 5. The van der Waals surface area contributed by atoms with Gasteiger partial charge < -0.3 is 18.9 Å². The molecule has 1 aliphatic heterocycles. The van der Waals surface area contributed by atoms with Crippen LogP contribution in [-0.2, 0) is 30.3 Å². The highest BCUT2D eigenvalue weighted by molar-refractivity contribution is 5.65. The van der Waals surface area contributed by atoms with Crippen molar-refractivity contribution in [2.75, 3.05) is 13.2 Å². The van der Waals surface area contributed by atoms with Crippen LogP contribution in [0.1, 0.15) is 45.6 Å². The van der Waals surface area contributed by atoms with E-state index in [2.05, 4.69) is 12.1 Å². The van der Waals surface area contributed by atoms with Crippen LogP contribution in [0.4, 0.5) is 0 Å². The van der Waals surface area contributed by atoms with Crippen LogP contribution in [0.5, 0.6) is 0 Å². The second-order valence-electron chi connectivity index (χ2n) is 6.57. The van der Waals surface area contributed by atoms with Gasteiger partial charge in [-0.1, -0.05) is 30.3 Å². The van der Waals surface area contributed by atoms with E-state index in [1.54, 1.807) is 0 Å². The van der Waals surface area contributed by atoms with Gasteiger partial charge in [-0.3, -0.25) is 4.79 Å².